The van der Waals surface area contributed by atoms with Crippen molar-refractivity contribution in [1.29, 1.82) is 0 Å². The summed E-state index contributed by atoms with van der Waals surface area (Å²) in [5.74, 6) is 0.342. The minimum absolute atomic E-state index is 0.155. The summed E-state index contributed by atoms with van der Waals surface area (Å²) in [5, 5.41) is 17.0. The molecule has 1 amide bonds. The van der Waals surface area contributed by atoms with Crippen molar-refractivity contribution in [2.75, 3.05) is 32.2 Å². The third kappa shape index (κ3) is 5.96. The number of carbonyl (C=O) groups excluding carboxylic acids is 1. The summed E-state index contributed by atoms with van der Waals surface area (Å²) in [6, 6.07) is 11.7. The monoisotopic (exact) mass is 373 g/mol. The van der Waals surface area contributed by atoms with Crippen molar-refractivity contribution in [2.45, 2.75) is 13.5 Å². The van der Waals surface area contributed by atoms with Crippen LogP contribution in [0.2, 0.25) is 0 Å². The van der Waals surface area contributed by atoms with Gasteiger partial charge < -0.3 is 20.1 Å². The molecule has 0 heterocycles. The molecule has 144 valence electrons. The van der Waals surface area contributed by atoms with Gasteiger partial charge in [0.2, 0.25) is 0 Å². The Morgan fingerprint density at radius 2 is 2.04 bits per heavy atom. The smallest absolute Gasteiger partial charge is 0.293 e. The molecule has 0 aliphatic heterocycles. The van der Waals surface area contributed by atoms with E-state index < -0.39 is 4.92 Å². The maximum Gasteiger partial charge on any atom is 0.293 e. The fourth-order valence-corrected chi connectivity index (χ4v) is 2.46. The second kappa shape index (κ2) is 10.1. The predicted octanol–water partition coefficient (Wildman–Crippen LogP) is 2.98. The minimum Gasteiger partial charge on any atom is -0.494 e. The highest BCUT2D eigenvalue weighted by Crippen LogP contribution is 2.25. The Bertz CT molecular complexity index is 795. The topological polar surface area (TPSA) is 103 Å². The molecule has 2 aromatic carbocycles. The van der Waals surface area contributed by atoms with Crippen LogP contribution in [0.1, 0.15) is 22.8 Å². The van der Waals surface area contributed by atoms with Gasteiger partial charge in [0.1, 0.15) is 11.4 Å². The normalized spacial score (nSPS) is 10.3. The number of nitro groups is 1. The van der Waals surface area contributed by atoms with E-state index in [1.54, 1.807) is 13.2 Å². The Morgan fingerprint density at radius 3 is 2.74 bits per heavy atom. The first-order chi connectivity index (χ1) is 13.0. The van der Waals surface area contributed by atoms with Gasteiger partial charge in [-0.2, -0.15) is 0 Å². The van der Waals surface area contributed by atoms with Gasteiger partial charge in [-0.1, -0.05) is 12.1 Å². The molecule has 2 aromatic rings. The number of amides is 1. The molecule has 0 radical (unpaired) electrons. The average molecular weight is 373 g/mol. The van der Waals surface area contributed by atoms with Crippen LogP contribution < -0.4 is 15.4 Å². The average Bonchev–Trinajstić information content (AvgIpc) is 2.67. The van der Waals surface area contributed by atoms with Crippen LogP contribution in [0.4, 0.5) is 11.4 Å². The largest absolute Gasteiger partial charge is 0.494 e. The second-order valence-corrected chi connectivity index (χ2v) is 5.67. The van der Waals surface area contributed by atoms with Crippen molar-refractivity contribution in [3.8, 4) is 5.75 Å². The molecule has 2 rings (SSSR count). The highest BCUT2D eigenvalue weighted by atomic mass is 16.6. The first-order valence-electron chi connectivity index (χ1n) is 8.56. The molecular formula is C19H23N3O5. The van der Waals surface area contributed by atoms with E-state index >= 15 is 0 Å². The van der Waals surface area contributed by atoms with E-state index in [-0.39, 0.29) is 17.2 Å². The Kier molecular flexibility index (Phi) is 7.57. The highest BCUT2D eigenvalue weighted by Gasteiger charge is 2.17. The van der Waals surface area contributed by atoms with Gasteiger partial charge in [-0.05, 0) is 36.8 Å². The van der Waals surface area contributed by atoms with E-state index in [4.69, 9.17) is 9.47 Å². The number of anilines is 1. The number of nitrogens with one attached hydrogen (secondary N) is 2. The minimum atomic E-state index is -0.516. The molecule has 8 heteroatoms. The molecule has 27 heavy (non-hydrogen) atoms. The van der Waals surface area contributed by atoms with E-state index in [1.807, 2.05) is 31.2 Å². The number of benzene rings is 2. The molecule has 0 saturated heterocycles. The molecule has 0 aromatic heterocycles. The summed E-state index contributed by atoms with van der Waals surface area (Å²) in [7, 11) is 1.55. The van der Waals surface area contributed by atoms with Crippen molar-refractivity contribution in [3.05, 3.63) is 63.7 Å². The molecule has 0 aliphatic carbocycles. The van der Waals surface area contributed by atoms with Gasteiger partial charge in [-0.25, -0.2) is 0 Å². The molecule has 0 unspecified atom stereocenters. The lowest BCUT2D eigenvalue weighted by Crippen LogP contribution is -2.23. The lowest BCUT2D eigenvalue weighted by molar-refractivity contribution is -0.384. The summed E-state index contributed by atoms with van der Waals surface area (Å²) in [4.78, 5) is 23.1. The lowest BCUT2D eigenvalue weighted by atomic mass is 10.1. The number of nitrogens with zero attached hydrogens (tertiary/aromatic N) is 1. The summed E-state index contributed by atoms with van der Waals surface area (Å²) in [5.41, 5.74) is 1.29. The summed E-state index contributed by atoms with van der Waals surface area (Å²) < 4.78 is 10.3. The fraction of sp³-hybridized carbons (Fsp3) is 0.316. The van der Waals surface area contributed by atoms with Crippen LogP contribution in [-0.4, -0.2) is 37.7 Å². The number of hydrogen-bond donors (Lipinski definition) is 2. The van der Waals surface area contributed by atoms with Crippen molar-refractivity contribution in [2.24, 2.45) is 0 Å². The summed E-state index contributed by atoms with van der Waals surface area (Å²) >= 11 is 0. The number of carbonyl (C=O) groups is 1. The van der Waals surface area contributed by atoms with E-state index in [0.717, 1.165) is 11.3 Å². The SMILES string of the molecule is CCOc1cccc(CNC(=O)c2ccc(NCCOC)c([N+](=O)[O-])c2)c1. The van der Waals surface area contributed by atoms with Crippen molar-refractivity contribution in [3.63, 3.8) is 0 Å². The van der Waals surface area contributed by atoms with Crippen LogP contribution in [0.3, 0.4) is 0 Å². The number of methoxy groups -OCH3 is 1. The number of ether oxygens (including phenoxy) is 2. The molecule has 8 nitrogen and oxygen atoms in total. The summed E-state index contributed by atoms with van der Waals surface area (Å²) in [6.45, 7) is 3.60. The third-order valence-electron chi connectivity index (χ3n) is 3.74. The van der Waals surface area contributed by atoms with Crippen molar-refractivity contribution >= 4 is 17.3 Å². The first-order valence-corrected chi connectivity index (χ1v) is 8.56. The molecule has 0 spiro atoms. The Morgan fingerprint density at radius 1 is 1.22 bits per heavy atom. The zero-order chi connectivity index (χ0) is 19.6. The molecule has 0 bridgehead atoms. The van der Waals surface area contributed by atoms with E-state index in [0.29, 0.717) is 32.0 Å². The molecule has 0 atom stereocenters. The second-order valence-electron chi connectivity index (χ2n) is 5.67. The Hall–Kier alpha value is -3.13. The number of hydrogen-bond acceptors (Lipinski definition) is 6. The third-order valence-corrected chi connectivity index (χ3v) is 3.74. The van der Waals surface area contributed by atoms with Gasteiger partial charge in [-0.15, -0.1) is 0 Å². The Labute approximate surface area is 157 Å². The molecule has 0 saturated carbocycles. The maximum absolute atomic E-state index is 12.4. The fourth-order valence-electron chi connectivity index (χ4n) is 2.46. The van der Waals surface area contributed by atoms with Crippen molar-refractivity contribution in [1.82, 2.24) is 5.32 Å². The van der Waals surface area contributed by atoms with Gasteiger partial charge in [-0.3, -0.25) is 14.9 Å². The van der Waals surface area contributed by atoms with Crippen LogP contribution in [0.5, 0.6) is 5.75 Å². The van der Waals surface area contributed by atoms with Gasteiger partial charge >= 0.3 is 0 Å². The van der Waals surface area contributed by atoms with Crippen LogP contribution in [0.25, 0.3) is 0 Å². The van der Waals surface area contributed by atoms with Crippen LogP contribution >= 0.6 is 0 Å². The van der Waals surface area contributed by atoms with Gasteiger partial charge in [0.15, 0.2) is 0 Å². The zero-order valence-electron chi connectivity index (χ0n) is 15.4. The standard InChI is InChI=1S/C19H23N3O5/c1-3-27-16-6-4-5-14(11-16)13-21-19(23)15-7-8-17(20-9-10-26-2)18(12-15)22(24)25/h4-8,11-12,20H,3,9-10,13H2,1-2H3,(H,21,23). The number of nitro benzene ring substituents is 1. The Balaban J connectivity index is 2.06. The van der Waals surface area contributed by atoms with Gasteiger partial charge in [0, 0.05) is 31.8 Å². The molecular weight excluding hydrogens is 350 g/mol. The van der Waals surface area contributed by atoms with Crippen LogP contribution in [0.15, 0.2) is 42.5 Å². The quantitative estimate of drug-likeness (QED) is 0.377. The van der Waals surface area contributed by atoms with Gasteiger partial charge in [0.05, 0.1) is 18.1 Å². The maximum atomic E-state index is 12.4. The van der Waals surface area contributed by atoms with Gasteiger partial charge in [0.25, 0.3) is 11.6 Å². The predicted molar refractivity (Wildman–Crippen MR) is 102 cm³/mol. The number of rotatable bonds is 10. The highest BCUT2D eigenvalue weighted by molar-refractivity contribution is 5.95. The van der Waals surface area contributed by atoms with Crippen LogP contribution in [-0.2, 0) is 11.3 Å². The van der Waals surface area contributed by atoms with E-state index in [2.05, 4.69) is 10.6 Å². The molecule has 2 N–H and O–H groups in total. The van der Waals surface area contributed by atoms with E-state index in [1.165, 1.54) is 12.1 Å². The zero-order valence-corrected chi connectivity index (χ0v) is 15.4. The van der Waals surface area contributed by atoms with Crippen molar-refractivity contribution < 1.29 is 19.2 Å². The van der Waals surface area contributed by atoms with E-state index in [9.17, 15) is 14.9 Å². The molecule has 0 aliphatic rings. The van der Waals surface area contributed by atoms with Crippen LogP contribution in [0, 0.1) is 10.1 Å². The lowest BCUT2D eigenvalue weighted by Gasteiger charge is -2.10. The first kappa shape index (κ1) is 20.2. The molecule has 0 fully saturated rings. The summed E-state index contributed by atoms with van der Waals surface area (Å²) in [6.07, 6.45) is 0.